The molecule has 0 radical (unpaired) electrons. The molecule has 1 amide bonds. The van der Waals surface area contributed by atoms with Gasteiger partial charge in [-0.2, -0.15) is 0 Å². The minimum Gasteiger partial charge on any atom is -0.481 e. The SMILES string of the molecule is CC(Oc1ccc(Br)cc1)C(=O)N1CCCC(CCC(=O)O)C1. The summed E-state index contributed by atoms with van der Waals surface area (Å²) in [6, 6.07) is 7.38. The van der Waals surface area contributed by atoms with Gasteiger partial charge in [-0.15, -0.1) is 0 Å². The van der Waals surface area contributed by atoms with Crippen molar-refractivity contribution in [3.8, 4) is 5.75 Å². The largest absolute Gasteiger partial charge is 0.481 e. The lowest BCUT2D eigenvalue weighted by Gasteiger charge is -2.34. The molecule has 2 unspecified atom stereocenters. The predicted octanol–water partition coefficient (Wildman–Crippen LogP) is 3.32. The Kier molecular flexibility index (Phi) is 6.45. The van der Waals surface area contributed by atoms with E-state index in [0.717, 1.165) is 23.9 Å². The van der Waals surface area contributed by atoms with Gasteiger partial charge < -0.3 is 14.7 Å². The third kappa shape index (κ3) is 5.53. The monoisotopic (exact) mass is 383 g/mol. The first-order valence-electron chi connectivity index (χ1n) is 7.88. The van der Waals surface area contributed by atoms with Crippen molar-refractivity contribution < 1.29 is 19.4 Å². The zero-order valence-electron chi connectivity index (χ0n) is 13.2. The number of carbonyl (C=O) groups is 2. The van der Waals surface area contributed by atoms with Crippen molar-refractivity contribution >= 4 is 27.8 Å². The van der Waals surface area contributed by atoms with Crippen molar-refractivity contribution in [2.75, 3.05) is 13.1 Å². The van der Waals surface area contributed by atoms with Crippen molar-refractivity contribution in [2.45, 2.75) is 38.7 Å². The molecule has 0 aliphatic carbocycles. The molecule has 1 aliphatic heterocycles. The summed E-state index contributed by atoms with van der Waals surface area (Å²) in [5.41, 5.74) is 0. The number of ether oxygens (including phenoxy) is 1. The Bertz CT molecular complexity index is 546. The van der Waals surface area contributed by atoms with Gasteiger partial charge in [0.25, 0.3) is 5.91 Å². The van der Waals surface area contributed by atoms with E-state index in [4.69, 9.17) is 9.84 Å². The second-order valence-corrected chi connectivity index (χ2v) is 6.85. The van der Waals surface area contributed by atoms with Crippen LogP contribution >= 0.6 is 15.9 Å². The summed E-state index contributed by atoms with van der Waals surface area (Å²) >= 11 is 3.36. The number of carboxylic acids is 1. The van der Waals surface area contributed by atoms with Crippen molar-refractivity contribution in [3.05, 3.63) is 28.7 Å². The summed E-state index contributed by atoms with van der Waals surface area (Å²) in [4.78, 5) is 25.0. The Morgan fingerprint density at radius 2 is 2.09 bits per heavy atom. The molecule has 1 saturated heterocycles. The normalized spacial score (nSPS) is 19.2. The summed E-state index contributed by atoms with van der Waals surface area (Å²) in [7, 11) is 0. The minimum atomic E-state index is -0.777. The topological polar surface area (TPSA) is 66.8 Å². The lowest BCUT2D eigenvalue weighted by Crippen LogP contribution is -2.45. The Labute approximate surface area is 144 Å². The summed E-state index contributed by atoms with van der Waals surface area (Å²) in [5, 5.41) is 8.79. The molecule has 2 rings (SSSR count). The molecular formula is C17H22BrNO4. The molecule has 0 bridgehead atoms. The van der Waals surface area contributed by atoms with Gasteiger partial charge in [0, 0.05) is 24.0 Å². The molecule has 5 nitrogen and oxygen atoms in total. The number of hydrogen-bond donors (Lipinski definition) is 1. The second-order valence-electron chi connectivity index (χ2n) is 5.94. The van der Waals surface area contributed by atoms with Crippen LogP contribution in [0.15, 0.2) is 28.7 Å². The average molecular weight is 384 g/mol. The number of hydrogen-bond acceptors (Lipinski definition) is 3. The van der Waals surface area contributed by atoms with Crippen LogP contribution in [0, 0.1) is 5.92 Å². The van der Waals surface area contributed by atoms with E-state index >= 15 is 0 Å². The van der Waals surface area contributed by atoms with Crippen LogP contribution in [0.5, 0.6) is 5.75 Å². The molecule has 0 saturated carbocycles. The van der Waals surface area contributed by atoms with Crippen LogP contribution in [0.1, 0.15) is 32.6 Å². The molecule has 2 atom stereocenters. The van der Waals surface area contributed by atoms with Crippen molar-refractivity contribution in [1.29, 1.82) is 0 Å². The quantitative estimate of drug-likeness (QED) is 0.817. The highest BCUT2D eigenvalue weighted by atomic mass is 79.9. The first kappa shape index (κ1) is 17.8. The van der Waals surface area contributed by atoms with E-state index in [2.05, 4.69) is 15.9 Å². The summed E-state index contributed by atoms with van der Waals surface area (Å²) < 4.78 is 6.67. The molecule has 1 fully saturated rings. The van der Waals surface area contributed by atoms with Gasteiger partial charge in [-0.1, -0.05) is 15.9 Å². The zero-order chi connectivity index (χ0) is 16.8. The van der Waals surface area contributed by atoms with Crippen molar-refractivity contribution in [2.24, 2.45) is 5.92 Å². The Morgan fingerprint density at radius 1 is 1.39 bits per heavy atom. The fourth-order valence-electron chi connectivity index (χ4n) is 2.85. The number of nitrogens with zero attached hydrogens (tertiary/aromatic N) is 1. The maximum Gasteiger partial charge on any atom is 0.303 e. The highest BCUT2D eigenvalue weighted by molar-refractivity contribution is 9.10. The van der Waals surface area contributed by atoms with Gasteiger partial charge >= 0.3 is 5.97 Å². The highest BCUT2D eigenvalue weighted by Crippen LogP contribution is 2.23. The predicted molar refractivity (Wildman–Crippen MR) is 90.4 cm³/mol. The van der Waals surface area contributed by atoms with Crippen molar-refractivity contribution in [3.63, 3.8) is 0 Å². The number of aliphatic carboxylic acids is 1. The number of piperidine rings is 1. The Hall–Kier alpha value is -1.56. The van der Waals surface area contributed by atoms with E-state index in [0.29, 0.717) is 18.7 Å². The van der Waals surface area contributed by atoms with Crippen LogP contribution < -0.4 is 4.74 Å². The number of amides is 1. The van der Waals surface area contributed by atoms with E-state index in [1.54, 1.807) is 11.8 Å². The Balaban J connectivity index is 1.87. The van der Waals surface area contributed by atoms with Gasteiger partial charge in [-0.3, -0.25) is 9.59 Å². The lowest BCUT2D eigenvalue weighted by atomic mass is 9.93. The van der Waals surface area contributed by atoms with Crippen LogP contribution in [0.4, 0.5) is 0 Å². The van der Waals surface area contributed by atoms with E-state index in [1.165, 1.54) is 0 Å². The van der Waals surface area contributed by atoms with Crippen molar-refractivity contribution in [1.82, 2.24) is 4.90 Å². The van der Waals surface area contributed by atoms with Gasteiger partial charge in [0.2, 0.25) is 0 Å². The number of rotatable bonds is 6. The van der Waals surface area contributed by atoms with Gasteiger partial charge in [0.05, 0.1) is 0 Å². The second kappa shape index (κ2) is 8.34. The van der Waals surface area contributed by atoms with Gasteiger partial charge in [0.15, 0.2) is 6.10 Å². The number of halogens is 1. The highest BCUT2D eigenvalue weighted by Gasteiger charge is 2.28. The molecule has 1 aromatic carbocycles. The summed E-state index contributed by atoms with van der Waals surface area (Å²) in [6.07, 6.45) is 2.15. The van der Waals surface area contributed by atoms with Crippen LogP contribution in [0.25, 0.3) is 0 Å². The summed E-state index contributed by atoms with van der Waals surface area (Å²) in [5.74, 6) is 0.116. The summed E-state index contributed by atoms with van der Waals surface area (Å²) in [6.45, 7) is 3.10. The molecule has 1 aliphatic rings. The van der Waals surface area contributed by atoms with Crippen LogP contribution in [0.3, 0.4) is 0 Å². The molecule has 126 valence electrons. The van der Waals surface area contributed by atoms with Crippen LogP contribution in [0.2, 0.25) is 0 Å². The minimum absolute atomic E-state index is 0.0343. The van der Waals surface area contributed by atoms with E-state index in [1.807, 2.05) is 24.3 Å². The number of likely N-dealkylation sites (tertiary alicyclic amines) is 1. The molecule has 23 heavy (non-hydrogen) atoms. The molecule has 1 heterocycles. The van der Waals surface area contributed by atoms with Gasteiger partial charge in [0.1, 0.15) is 5.75 Å². The Morgan fingerprint density at radius 3 is 2.74 bits per heavy atom. The maximum atomic E-state index is 12.5. The van der Waals surface area contributed by atoms with E-state index < -0.39 is 12.1 Å². The standard InChI is InChI=1S/C17H22BrNO4/c1-12(23-15-7-5-14(18)6-8-15)17(22)19-10-2-3-13(11-19)4-9-16(20)21/h5-8,12-13H,2-4,9-11H2,1H3,(H,20,21). The van der Waals surface area contributed by atoms with Gasteiger partial charge in [-0.05, 0) is 56.4 Å². The third-order valence-electron chi connectivity index (χ3n) is 4.07. The fraction of sp³-hybridized carbons (Fsp3) is 0.529. The van der Waals surface area contributed by atoms with E-state index in [9.17, 15) is 9.59 Å². The van der Waals surface area contributed by atoms with Crippen LogP contribution in [-0.2, 0) is 9.59 Å². The fourth-order valence-corrected chi connectivity index (χ4v) is 3.12. The average Bonchev–Trinajstić information content (AvgIpc) is 2.54. The van der Waals surface area contributed by atoms with Gasteiger partial charge in [-0.25, -0.2) is 0 Å². The number of carbonyl (C=O) groups excluding carboxylic acids is 1. The number of benzene rings is 1. The molecule has 6 heteroatoms. The molecule has 0 aromatic heterocycles. The third-order valence-corrected chi connectivity index (χ3v) is 4.60. The smallest absolute Gasteiger partial charge is 0.303 e. The molecule has 1 aromatic rings. The number of carboxylic acid groups (broad SMARTS) is 1. The zero-order valence-corrected chi connectivity index (χ0v) is 14.8. The molecule has 1 N–H and O–H groups in total. The lowest BCUT2D eigenvalue weighted by molar-refractivity contribution is -0.140. The maximum absolute atomic E-state index is 12.5. The van der Waals surface area contributed by atoms with E-state index in [-0.39, 0.29) is 18.2 Å². The van der Waals surface area contributed by atoms with Crippen LogP contribution in [-0.4, -0.2) is 41.1 Å². The molecule has 0 spiro atoms. The molecular weight excluding hydrogens is 362 g/mol. The first-order chi connectivity index (χ1) is 11.0. The first-order valence-corrected chi connectivity index (χ1v) is 8.68.